The fraction of sp³-hybridized carbons (Fsp3) is 0.818. The van der Waals surface area contributed by atoms with Crippen LogP contribution >= 0.6 is 0 Å². The highest BCUT2D eigenvalue weighted by Gasteiger charge is 2.42. The van der Waals surface area contributed by atoms with Crippen molar-refractivity contribution < 1.29 is 13.2 Å². The number of rotatable bonds is 3. The molecule has 1 aromatic rings. The number of fused-ring (bicyclic) bond motifs is 1. The van der Waals surface area contributed by atoms with Gasteiger partial charge >= 0.3 is 6.18 Å². The lowest BCUT2D eigenvalue weighted by Crippen LogP contribution is -2.34. The standard InChI is InChI=1S/C11H17F3N4/c1-3-8(15-2)10-17-16-9-5-4-7(6-18(9)10)11(12,13)14/h7-8,15H,3-6H2,1-2H3. The fourth-order valence-corrected chi connectivity index (χ4v) is 2.39. The monoisotopic (exact) mass is 262 g/mol. The summed E-state index contributed by atoms with van der Waals surface area (Å²) >= 11 is 0. The smallest absolute Gasteiger partial charge is 0.313 e. The molecule has 0 amide bonds. The maximum Gasteiger partial charge on any atom is 0.393 e. The first-order valence-corrected chi connectivity index (χ1v) is 6.13. The van der Waals surface area contributed by atoms with Crippen molar-refractivity contribution in [3.05, 3.63) is 11.6 Å². The first-order valence-electron chi connectivity index (χ1n) is 6.13. The Bertz CT molecular complexity index is 409. The van der Waals surface area contributed by atoms with E-state index in [2.05, 4.69) is 15.5 Å². The predicted molar refractivity (Wildman–Crippen MR) is 60.0 cm³/mol. The number of nitrogens with zero attached hydrogens (tertiary/aromatic N) is 3. The van der Waals surface area contributed by atoms with Gasteiger partial charge in [0, 0.05) is 13.0 Å². The predicted octanol–water partition coefficient (Wildman–Crippen LogP) is 2.07. The van der Waals surface area contributed by atoms with E-state index in [1.807, 2.05) is 6.92 Å². The van der Waals surface area contributed by atoms with Gasteiger partial charge in [-0.2, -0.15) is 13.2 Å². The first kappa shape index (κ1) is 13.3. The number of hydrogen-bond donors (Lipinski definition) is 1. The van der Waals surface area contributed by atoms with E-state index in [1.54, 1.807) is 11.6 Å². The molecule has 0 aliphatic carbocycles. The molecule has 2 rings (SSSR count). The molecule has 2 atom stereocenters. The van der Waals surface area contributed by atoms with Gasteiger partial charge in [0.25, 0.3) is 0 Å². The molecular weight excluding hydrogens is 245 g/mol. The lowest BCUT2D eigenvalue weighted by Gasteiger charge is -2.27. The van der Waals surface area contributed by atoms with Gasteiger partial charge in [0.2, 0.25) is 0 Å². The third-order valence-electron chi connectivity index (χ3n) is 3.51. The summed E-state index contributed by atoms with van der Waals surface area (Å²) in [6.45, 7) is 1.91. The molecule has 0 saturated carbocycles. The van der Waals surface area contributed by atoms with Gasteiger partial charge in [-0.1, -0.05) is 6.92 Å². The van der Waals surface area contributed by atoms with Crippen LogP contribution in [-0.2, 0) is 13.0 Å². The van der Waals surface area contributed by atoms with Gasteiger partial charge in [0.05, 0.1) is 12.0 Å². The Morgan fingerprint density at radius 2 is 2.17 bits per heavy atom. The van der Waals surface area contributed by atoms with Crippen molar-refractivity contribution in [1.29, 1.82) is 0 Å². The van der Waals surface area contributed by atoms with E-state index in [-0.39, 0.29) is 19.0 Å². The molecule has 4 nitrogen and oxygen atoms in total. The highest BCUT2D eigenvalue weighted by atomic mass is 19.4. The average molecular weight is 262 g/mol. The largest absolute Gasteiger partial charge is 0.393 e. The van der Waals surface area contributed by atoms with E-state index < -0.39 is 12.1 Å². The number of aromatic nitrogens is 3. The molecule has 1 aromatic heterocycles. The Morgan fingerprint density at radius 3 is 2.72 bits per heavy atom. The van der Waals surface area contributed by atoms with Crippen molar-refractivity contribution in [2.45, 2.75) is 44.9 Å². The molecule has 1 N–H and O–H groups in total. The second kappa shape index (κ2) is 4.87. The molecule has 0 fully saturated rings. The highest BCUT2D eigenvalue weighted by molar-refractivity contribution is 5.04. The summed E-state index contributed by atoms with van der Waals surface area (Å²) in [7, 11) is 1.78. The lowest BCUT2D eigenvalue weighted by atomic mass is 9.98. The highest BCUT2D eigenvalue weighted by Crippen LogP contribution is 2.35. The topological polar surface area (TPSA) is 42.7 Å². The summed E-state index contributed by atoms with van der Waals surface area (Å²) in [6.07, 6.45) is -2.92. The van der Waals surface area contributed by atoms with E-state index >= 15 is 0 Å². The molecule has 2 unspecified atom stereocenters. The number of alkyl halides is 3. The zero-order valence-electron chi connectivity index (χ0n) is 10.5. The van der Waals surface area contributed by atoms with Crippen molar-refractivity contribution in [3.8, 4) is 0 Å². The molecule has 1 aliphatic heterocycles. The minimum atomic E-state index is -4.14. The second-order valence-electron chi connectivity index (χ2n) is 4.61. The molecule has 2 heterocycles. The van der Waals surface area contributed by atoms with Gasteiger partial charge in [-0.05, 0) is 19.9 Å². The van der Waals surface area contributed by atoms with Crippen molar-refractivity contribution in [1.82, 2.24) is 20.1 Å². The minimum Gasteiger partial charge on any atom is -0.313 e. The summed E-state index contributed by atoms with van der Waals surface area (Å²) in [6, 6.07) is -0.0433. The minimum absolute atomic E-state index is 0.0433. The molecule has 0 spiro atoms. The molecule has 0 radical (unpaired) electrons. The number of hydrogen-bond acceptors (Lipinski definition) is 3. The van der Waals surface area contributed by atoms with Crippen LogP contribution in [0.1, 0.15) is 37.5 Å². The van der Waals surface area contributed by atoms with E-state index in [1.165, 1.54) is 0 Å². The van der Waals surface area contributed by atoms with E-state index in [4.69, 9.17) is 0 Å². The van der Waals surface area contributed by atoms with Crippen molar-refractivity contribution in [2.24, 2.45) is 5.92 Å². The number of nitrogens with one attached hydrogen (secondary N) is 1. The third kappa shape index (κ3) is 2.36. The maximum absolute atomic E-state index is 12.8. The van der Waals surface area contributed by atoms with Crippen LogP contribution in [-0.4, -0.2) is 28.0 Å². The number of aryl methyl sites for hydroxylation is 1. The van der Waals surface area contributed by atoms with Gasteiger partial charge in [-0.3, -0.25) is 0 Å². The van der Waals surface area contributed by atoms with Crippen LogP contribution in [0, 0.1) is 5.92 Å². The van der Waals surface area contributed by atoms with Crippen LogP contribution in [0.3, 0.4) is 0 Å². The van der Waals surface area contributed by atoms with E-state index in [0.29, 0.717) is 18.1 Å². The molecule has 0 saturated heterocycles. The second-order valence-corrected chi connectivity index (χ2v) is 4.61. The zero-order valence-corrected chi connectivity index (χ0v) is 10.5. The van der Waals surface area contributed by atoms with Crippen LogP contribution in [0.15, 0.2) is 0 Å². The Kier molecular flexibility index (Phi) is 3.61. The summed E-state index contributed by atoms with van der Waals surface area (Å²) in [4.78, 5) is 0. The Balaban J connectivity index is 2.27. The van der Waals surface area contributed by atoms with Gasteiger partial charge < -0.3 is 9.88 Å². The van der Waals surface area contributed by atoms with Crippen molar-refractivity contribution >= 4 is 0 Å². The van der Waals surface area contributed by atoms with Crippen LogP contribution in [0.2, 0.25) is 0 Å². The molecule has 0 bridgehead atoms. The third-order valence-corrected chi connectivity index (χ3v) is 3.51. The Hall–Kier alpha value is -1.11. The summed E-state index contributed by atoms with van der Waals surface area (Å²) < 4.78 is 39.9. The quantitative estimate of drug-likeness (QED) is 0.906. The van der Waals surface area contributed by atoms with Crippen LogP contribution in [0.25, 0.3) is 0 Å². The molecule has 102 valence electrons. The fourth-order valence-electron chi connectivity index (χ4n) is 2.39. The Morgan fingerprint density at radius 1 is 1.44 bits per heavy atom. The summed E-state index contributed by atoms with van der Waals surface area (Å²) in [5.41, 5.74) is 0. The number of halogens is 3. The van der Waals surface area contributed by atoms with E-state index in [0.717, 1.165) is 6.42 Å². The van der Waals surface area contributed by atoms with Crippen LogP contribution < -0.4 is 5.32 Å². The molecular formula is C11H17F3N4. The molecule has 7 heteroatoms. The first-order chi connectivity index (χ1) is 8.47. The van der Waals surface area contributed by atoms with Gasteiger partial charge in [0.1, 0.15) is 11.6 Å². The normalized spacial score (nSPS) is 21.7. The lowest BCUT2D eigenvalue weighted by molar-refractivity contribution is -0.182. The van der Waals surface area contributed by atoms with Crippen LogP contribution in [0.5, 0.6) is 0 Å². The Labute approximate surface area is 104 Å². The van der Waals surface area contributed by atoms with Gasteiger partial charge in [0.15, 0.2) is 0 Å². The van der Waals surface area contributed by atoms with Crippen LogP contribution in [0.4, 0.5) is 13.2 Å². The summed E-state index contributed by atoms with van der Waals surface area (Å²) in [5, 5.41) is 11.1. The van der Waals surface area contributed by atoms with Gasteiger partial charge in [-0.15, -0.1) is 10.2 Å². The molecule has 1 aliphatic rings. The average Bonchev–Trinajstić information content (AvgIpc) is 2.73. The SMILES string of the molecule is CCC(NC)c1nnc2n1CC(C(F)(F)F)CC2. The molecule has 0 aromatic carbocycles. The van der Waals surface area contributed by atoms with Crippen molar-refractivity contribution in [2.75, 3.05) is 7.05 Å². The maximum atomic E-state index is 12.8. The van der Waals surface area contributed by atoms with Gasteiger partial charge in [-0.25, -0.2) is 0 Å². The zero-order chi connectivity index (χ0) is 13.3. The van der Waals surface area contributed by atoms with E-state index in [9.17, 15) is 13.2 Å². The molecule has 18 heavy (non-hydrogen) atoms. The summed E-state index contributed by atoms with van der Waals surface area (Å²) in [5.74, 6) is -0.00253. The van der Waals surface area contributed by atoms with Crippen molar-refractivity contribution in [3.63, 3.8) is 0 Å².